The Morgan fingerprint density at radius 1 is 1.15 bits per heavy atom. The Balaban J connectivity index is 2.70. The van der Waals surface area contributed by atoms with Crippen molar-refractivity contribution in [1.29, 1.82) is 0 Å². The van der Waals surface area contributed by atoms with Crippen LogP contribution in [0.25, 0.3) is 0 Å². The van der Waals surface area contributed by atoms with Crippen molar-refractivity contribution < 1.29 is 31.1 Å². The molecule has 5 nitrogen and oxygen atoms in total. The Morgan fingerprint density at radius 2 is 1.74 bits per heavy atom. The van der Waals surface area contributed by atoms with E-state index in [1.54, 1.807) is 6.07 Å². The summed E-state index contributed by atoms with van der Waals surface area (Å²) in [5, 5.41) is -0.249. The second-order valence-electron chi connectivity index (χ2n) is 5.49. The van der Waals surface area contributed by atoms with Crippen LogP contribution >= 0.6 is 11.6 Å². The number of hydrogen-bond acceptors (Lipinski definition) is 4. The van der Waals surface area contributed by atoms with Gasteiger partial charge in [0.2, 0.25) is 0 Å². The summed E-state index contributed by atoms with van der Waals surface area (Å²) in [6.45, 7) is 2.27. The molecule has 2 aromatic carbocycles. The number of halogens is 4. The number of nitrogens with zero attached hydrogens (tertiary/aromatic N) is 1. The molecular formula is C17H15ClF3NO4S. The zero-order valence-electron chi connectivity index (χ0n) is 14.2. The van der Waals surface area contributed by atoms with Crippen molar-refractivity contribution in [3.63, 3.8) is 0 Å². The number of alkyl halides is 3. The number of sulfonamides is 1. The molecule has 1 atom stereocenters. The first-order valence-electron chi connectivity index (χ1n) is 7.58. The van der Waals surface area contributed by atoms with Crippen LogP contribution in [0.5, 0.6) is 0 Å². The molecule has 0 aromatic heterocycles. The molecule has 0 fully saturated rings. The fourth-order valence-corrected chi connectivity index (χ4v) is 4.20. The molecule has 2 aromatic rings. The predicted molar refractivity (Wildman–Crippen MR) is 93.8 cm³/mol. The number of esters is 1. The van der Waals surface area contributed by atoms with Crippen LogP contribution in [0, 0.1) is 0 Å². The Morgan fingerprint density at radius 3 is 2.26 bits per heavy atom. The van der Waals surface area contributed by atoms with Crippen LogP contribution in [0.2, 0.25) is 5.02 Å². The molecule has 27 heavy (non-hydrogen) atoms. The van der Waals surface area contributed by atoms with Gasteiger partial charge in [-0.25, -0.2) is 12.7 Å². The van der Waals surface area contributed by atoms with Crippen LogP contribution in [0.3, 0.4) is 0 Å². The maximum absolute atomic E-state index is 13.1. The summed E-state index contributed by atoms with van der Waals surface area (Å²) < 4.78 is 70.9. The number of anilines is 1. The lowest BCUT2D eigenvalue weighted by Gasteiger charge is -2.30. The van der Waals surface area contributed by atoms with E-state index >= 15 is 0 Å². The third kappa shape index (κ3) is 4.72. The summed E-state index contributed by atoms with van der Waals surface area (Å²) in [6, 6.07) is 9.29. The fourth-order valence-electron chi connectivity index (χ4n) is 2.37. The zero-order chi connectivity index (χ0) is 20.4. The lowest BCUT2D eigenvalue weighted by atomic mass is 10.2. The molecule has 0 spiro atoms. The highest BCUT2D eigenvalue weighted by Crippen LogP contribution is 2.38. The van der Waals surface area contributed by atoms with Gasteiger partial charge in [0.15, 0.2) is 6.23 Å². The number of carbonyl (C=O) groups is 1. The number of rotatable bonds is 5. The monoisotopic (exact) mass is 421 g/mol. The van der Waals surface area contributed by atoms with Crippen molar-refractivity contribution in [2.75, 3.05) is 4.31 Å². The molecule has 0 radical (unpaired) electrons. The van der Waals surface area contributed by atoms with E-state index in [4.69, 9.17) is 16.3 Å². The molecule has 146 valence electrons. The molecule has 0 saturated carbocycles. The van der Waals surface area contributed by atoms with Crippen molar-refractivity contribution >= 4 is 33.3 Å². The van der Waals surface area contributed by atoms with E-state index in [2.05, 4.69) is 0 Å². The Hall–Kier alpha value is -2.26. The van der Waals surface area contributed by atoms with E-state index in [0.29, 0.717) is 10.4 Å². The van der Waals surface area contributed by atoms with Gasteiger partial charge in [0, 0.05) is 6.92 Å². The molecular weight excluding hydrogens is 407 g/mol. The minimum absolute atomic E-state index is 0.197. The molecule has 1 unspecified atom stereocenters. The molecule has 0 aliphatic heterocycles. The van der Waals surface area contributed by atoms with Crippen LogP contribution in [-0.4, -0.2) is 20.6 Å². The van der Waals surface area contributed by atoms with E-state index in [0.717, 1.165) is 19.1 Å². The fraction of sp³-hybridized carbons (Fsp3) is 0.235. The normalized spacial score (nSPS) is 13.1. The number of hydrogen-bond donors (Lipinski definition) is 0. The van der Waals surface area contributed by atoms with Crippen molar-refractivity contribution in [3.05, 3.63) is 59.1 Å². The minimum Gasteiger partial charge on any atom is -0.441 e. The molecule has 0 saturated heterocycles. The van der Waals surface area contributed by atoms with Gasteiger partial charge < -0.3 is 4.74 Å². The third-order valence-corrected chi connectivity index (χ3v) is 5.68. The summed E-state index contributed by atoms with van der Waals surface area (Å²) in [5.74, 6) is -0.807. The van der Waals surface area contributed by atoms with Gasteiger partial charge >= 0.3 is 12.1 Å². The van der Waals surface area contributed by atoms with Gasteiger partial charge in [-0.1, -0.05) is 29.8 Å². The Kier molecular flexibility index (Phi) is 6.06. The van der Waals surface area contributed by atoms with Crippen molar-refractivity contribution in [2.24, 2.45) is 0 Å². The lowest BCUT2D eigenvalue weighted by molar-refractivity contribution is -0.145. The van der Waals surface area contributed by atoms with E-state index in [1.165, 1.54) is 31.2 Å². The van der Waals surface area contributed by atoms with Crippen molar-refractivity contribution in [2.45, 2.75) is 31.1 Å². The van der Waals surface area contributed by atoms with E-state index in [9.17, 15) is 26.4 Å². The van der Waals surface area contributed by atoms with Gasteiger partial charge in [-0.05, 0) is 37.3 Å². The van der Waals surface area contributed by atoms with Crippen LogP contribution in [-0.2, 0) is 25.7 Å². The Bertz CT molecular complexity index is 933. The highest BCUT2D eigenvalue weighted by atomic mass is 35.5. The smallest absolute Gasteiger partial charge is 0.416 e. The topological polar surface area (TPSA) is 63.7 Å². The van der Waals surface area contributed by atoms with Gasteiger partial charge in [-0.3, -0.25) is 4.79 Å². The predicted octanol–water partition coefficient (Wildman–Crippen LogP) is 4.46. The first-order chi connectivity index (χ1) is 12.4. The Labute approximate surface area is 159 Å². The zero-order valence-corrected chi connectivity index (χ0v) is 15.8. The highest BCUT2D eigenvalue weighted by molar-refractivity contribution is 7.92. The second kappa shape index (κ2) is 7.77. The first-order valence-corrected chi connectivity index (χ1v) is 9.40. The van der Waals surface area contributed by atoms with Gasteiger partial charge in [0.05, 0.1) is 21.2 Å². The first kappa shape index (κ1) is 21.0. The average Bonchev–Trinajstić information content (AvgIpc) is 2.55. The highest BCUT2D eigenvalue weighted by Gasteiger charge is 2.36. The lowest BCUT2D eigenvalue weighted by Crippen LogP contribution is -2.41. The molecule has 0 aliphatic carbocycles. The van der Waals surface area contributed by atoms with Gasteiger partial charge in [-0.2, -0.15) is 13.2 Å². The summed E-state index contributed by atoms with van der Waals surface area (Å²) in [4.78, 5) is 11.1. The van der Waals surface area contributed by atoms with Crippen LogP contribution in [0.1, 0.15) is 19.4 Å². The summed E-state index contributed by atoms with van der Waals surface area (Å²) in [6.07, 6.45) is -6.15. The third-order valence-electron chi connectivity index (χ3n) is 3.48. The van der Waals surface area contributed by atoms with Crippen LogP contribution < -0.4 is 4.31 Å². The molecule has 0 heterocycles. The van der Waals surface area contributed by atoms with Crippen LogP contribution in [0.4, 0.5) is 18.9 Å². The largest absolute Gasteiger partial charge is 0.441 e. The average molecular weight is 422 g/mol. The number of ether oxygens (including phenoxy) is 1. The molecule has 0 aliphatic rings. The van der Waals surface area contributed by atoms with Crippen LogP contribution in [0.15, 0.2) is 53.4 Å². The standard InChI is InChI=1S/C17H15ClF3NO4S/c1-11(26-12(2)23)22(27(24,25)14-6-4-3-5-7-14)16-10-13(17(19,20)21)8-9-15(16)18/h3-11H,1-2H3. The minimum atomic E-state index is -4.72. The maximum atomic E-state index is 13.1. The molecule has 0 amide bonds. The van der Waals surface area contributed by atoms with Gasteiger partial charge in [0.1, 0.15) is 0 Å². The van der Waals surface area contributed by atoms with E-state index in [1.807, 2.05) is 0 Å². The van der Waals surface area contributed by atoms with Gasteiger partial charge in [-0.15, -0.1) is 0 Å². The van der Waals surface area contributed by atoms with Crippen molar-refractivity contribution in [3.8, 4) is 0 Å². The molecule has 2 rings (SSSR count). The van der Waals surface area contributed by atoms with E-state index < -0.39 is 39.6 Å². The number of carbonyl (C=O) groups excluding carboxylic acids is 1. The molecule has 0 bridgehead atoms. The van der Waals surface area contributed by atoms with E-state index in [-0.39, 0.29) is 9.92 Å². The maximum Gasteiger partial charge on any atom is 0.416 e. The SMILES string of the molecule is CC(=O)OC(C)N(c1cc(C(F)(F)F)ccc1Cl)S(=O)(=O)c1ccccc1. The summed E-state index contributed by atoms with van der Waals surface area (Å²) in [5.41, 5.74) is -1.55. The van der Waals surface area contributed by atoms with Gasteiger partial charge in [0.25, 0.3) is 10.0 Å². The quantitative estimate of drug-likeness (QED) is 0.528. The number of benzene rings is 2. The molecule has 10 heteroatoms. The summed E-state index contributed by atoms with van der Waals surface area (Å²) in [7, 11) is -4.38. The van der Waals surface area contributed by atoms with Crippen molar-refractivity contribution in [1.82, 2.24) is 0 Å². The molecule has 0 N–H and O–H groups in total. The second-order valence-corrected chi connectivity index (χ2v) is 7.71. The summed E-state index contributed by atoms with van der Waals surface area (Å²) >= 11 is 6.00.